The third-order valence-electron chi connectivity index (χ3n) is 4.63. The second kappa shape index (κ2) is 6.35. The fourth-order valence-electron chi connectivity index (χ4n) is 3.42. The summed E-state index contributed by atoms with van der Waals surface area (Å²) in [5.41, 5.74) is 2.90. The van der Waals surface area contributed by atoms with Crippen LogP contribution in [0.2, 0.25) is 0 Å². The highest BCUT2D eigenvalue weighted by atomic mass is 16.2. The molecule has 0 radical (unpaired) electrons. The molecule has 1 fully saturated rings. The largest absolute Gasteiger partial charge is 0.338 e. The summed E-state index contributed by atoms with van der Waals surface area (Å²) in [7, 11) is 0. The van der Waals surface area contributed by atoms with E-state index in [4.69, 9.17) is 0 Å². The van der Waals surface area contributed by atoms with E-state index < -0.39 is 0 Å². The lowest BCUT2D eigenvalue weighted by molar-refractivity contribution is 0.0786. The average Bonchev–Trinajstić information content (AvgIpc) is 3.11. The van der Waals surface area contributed by atoms with Crippen molar-refractivity contribution in [1.82, 2.24) is 19.9 Å². The Bertz CT molecular complexity index is 860. The van der Waals surface area contributed by atoms with Gasteiger partial charge < -0.3 is 4.90 Å². The van der Waals surface area contributed by atoms with Gasteiger partial charge in [-0.15, -0.1) is 0 Å². The summed E-state index contributed by atoms with van der Waals surface area (Å²) in [6.07, 6.45) is 8.47. The maximum Gasteiger partial charge on any atom is 0.256 e. The number of nitrogens with zero attached hydrogens (tertiary/aromatic N) is 4. The topological polar surface area (TPSA) is 59.0 Å². The molecule has 0 aliphatic carbocycles. The fraction of sp³-hybridized carbons (Fsp3) is 0.263. The van der Waals surface area contributed by atoms with Crippen LogP contribution in [0.1, 0.15) is 22.3 Å². The van der Waals surface area contributed by atoms with Crippen LogP contribution in [0.15, 0.2) is 55.2 Å². The van der Waals surface area contributed by atoms with Gasteiger partial charge in [0.05, 0.1) is 11.1 Å². The van der Waals surface area contributed by atoms with E-state index in [1.54, 1.807) is 12.4 Å². The number of fused-ring (bicyclic) bond motifs is 1. The van der Waals surface area contributed by atoms with Crippen molar-refractivity contribution in [2.45, 2.75) is 12.8 Å². The summed E-state index contributed by atoms with van der Waals surface area (Å²) in [4.78, 5) is 26.7. The molecule has 120 valence electrons. The number of hydrogen-bond donors (Lipinski definition) is 0. The number of aromatic nitrogens is 3. The molecule has 1 aromatic carbocycles. The van der Waals surface area contributed by atoms with Crippen LogP contribution in [0.3, 0.4) is 0 Å². The van der Waals surface area contributed by atoms with Gasteiger partial charge in [-0.2, -0.15) is 0 Å². The first kappa shape index (κ1) is 14.8. The lowest BCUT2D eigenvalue weighted by Crippen LogP contribution is -2.29. The standard InChI is InChI=1S/C19H18N4O/c24-19(16-10-20-13-21-11-16)23-8-6-14(12-23)9-15-5-7-22-18-4-2-1-3-17(15)18/h1-5,7,10-11,13-14H,6,8-9,12H2/t14-/m0/s1. The van der Waals surface area contributed by atoms with Crippen molar-refractivity contribution in [3.05, 3.63) is 66.4 Å². The van der Waals surface area contributed by atoms with Crippen LogP contribution in [0.4, 0.5) is 0 Å². The second-order valence-corrected chi connectivity index (χ2v) is 6.22. The molecule has 2 aromatic heterocycles. The summed E-state index contributed by atoms with van der Waals surface area (Å²) < 4.78 is 0. The van der Waals surface area contributed by atoms with Crippen molar-refractivity contribution >= 4 is 16.8 Å². The first-order valence-electron chi connectivity index (χ1n) is 8.18. The van der Waals surface area contributed by atoms with E-state index in [1.165, 1.54) is 17.3 Å². The van der Waals surface area contributed by atoms with Crippen LogP contribution < -0.4 is 0 Å². The highest BCUT2D eigenvalue weighted by Gasteiger charge is 2.27. The molecule has 3 aromatic rings. The predicted molar refractivity (Wildman–Crippen MR) is 91.5 cm³/mol. The molecule has 0 unspecified atom stereocenters. The molecular formula is C19H18N4O. The quantitative estimate of drug-likeness (QED) is 0.745. The highest BCUT2D eigenvalue weighted by Crippen LogP contribution is 2.25. The van der Waals surface area contributed by atoms with Crippen LogP contribution >= 0.6 is 0 Å². The molecule has 3 heterocycles. The van der Waals surface area contributed by atoms with E-state index in [0.717, 1.165) is 31.4 Å². The zero-order valence-electron chi connectivity index (χ0n) is 13.3. The first-order chi connectivity index (χ1) is 11.8. The summed E-state index contributed by atoms with van der Waals surface area (Å²) in [6.45, 7) is 1.58. The molecule has 0 N–H and O–H groups in total. The Hall–Kier alpha value is -2.82. The predicted octanol–water partition coefficient (Wildman–Crippen LogP) is 2.73. The van der Waals surface area contributed by atoms with Crippen LogP contribution in [0, 0.1) is 5.92 Å². The number of rotatable bonds is 3. The molecule has 4 rings (SSSR count). The van der Waals surface area contributed by atoms with Crippen molar-refractivity contribution in [1.29, 1.82) is 0 Å². The van der Waals surface area contributed by atoms with E-state index in [1.807, 2.05) is 29.3 Å². The number of amides is 1. The van der Waals surface area contributed by atoms with Gasteiger partial charge >= 0.3 is 0 Å². The molecule has 24 heavy (non-hydrogen) atoms. The molecule has 0 bridgehead atoms. The monoisotopic (exact) mass is 318 g/mol. The minimum absolute atomic E-state index is 0.0256. The van der Waals surface area contributed by atoms with Gasteiger partial charge in [0, 0.05) is 37.1 Å². The Morgan fingerprint density at radius 1 is 1.17 bits per heavy atom. The smallest absolute Gasteiger partial charge is 0.256 e. The zero-order chi connectivity index (χ0) is 16.4. The minimum atomic E-state index is 0.0256. The van der Waals surface area contributed by atoms with Gasteiger partial charge in [0.1, 0.15) is 6.33 Å². The van der Waals surface area contributed by atoms with Crippen LogP contribution in [-0.4, -0.2) is 38.8 Å². The molecule has 1 aliphatic rings. The van der Waals surface area contributed by atoms with Crippen molar-refractivity contribution in [2.75, 3.05) is 13.1 Å². The van der Waals surface area contributed by atoms with Crippen molar-refractivity contribution in [2.24, 2.45) is 5.92 Å². The number of carbonyl (C=O) groups excluding carboxylic acids is 1. The number of pyridine rings is 1. The van der Waals surface area contributed by atoms with Crippen LogP contribution in [0.5, 0.6) is 0 Å². The molecule has 1 atom stereocenters. The summed E-state index contributed by atoms with van der Waals surface area (Å²) >= 11 is 0. The number of para-hydroxylation sites is 1. The first-order valence-corrected chi connectivity index (χ1v) is 8.18. The number of hydrogen-bond acceptors (Lipinski definition) is 4. The molecular weight excluding hydrogens is 300 g/mol. The summed E-state index contributed by atoms with van der Waals surface area (Å²) in [5, 5.41) is 1.21. The minimum Gasteiger partial charge on any atom is -0.338 e. The Kier molecular flexibility index (Phi) is 3.91. The van der Waals surface area contributed by atoms with Gasteiger partial charge in [-0.1, -0.05) is 18.2 Å². The third kappa shape index (κ3) is 2.85. The second-order valence-electron chi connectivity index (χ2n) is 6.22. The van der Waals surface area contributed by atoms with Crippen molar-refractivity contribution in [3.63, 3.8) is 0 Å². The normalized spacial score (nSPS) is 17.3. The van der Waals surface area contributed by atoms with Gasteiger partial charge in [0.15, 0.2) is 0 Å². The van der Waals surface area contributed by atoms with E-state index >= 15 is 0 Å². The average molecular weight is 318 g/mol. The molecule has 5 heteroatoms. The van der Waals surface area contributed by atoms with E-state index in [2.05, 4.69) is 27.1 Å². The van der Waals surface area contributed by atoms with Gasteiger partial charge in [-0.25, -0.2) is 9.97 Å². The molecule has 1 aliphatic heterocycles. The van der Waals surface area contributed by atoms with E-state index in [-0.39, 0.29) is 5.91 Å². The summed E-state index contributed by atoms with van der Waals surface area (Å²) in [6, 6.07) is 10.3. The molecule has 0 spiro atoms. The molecule has 5 nitrogen and oxygen atoms in total. The van der Waals surface area contributed by atoms with E-state index in [9.17, 15) is 4.79 Å². The van der Waals surface area contributed by atoms with Crippen molar-refractivity contribution < 1.29 is 4.79 Å². The fourth-order valence-corrected chi connectivity index (χ4v) is 3.42. The Labute approximate surface area is 140 Å². The van der Waals surface area contributed by atoms with Gasteiger partial charge in [-0.3, -0.25) is 9.78 Å². The van der Waals surface area contributed by atoms with Crippen molar-refractivity contribution in [3.8, 4) is 0 Å². The third-order valence-corrected chi connectivity index (χ3v) is 4.63. The van der Waals surface area contributed by atoms with Gasteiger partial charge in [0.25, 0.3) is 5.91 Å². The Morgan fingerprint density at radius 2 is 2.00 bits per heavy atom. The maximum absolute atomic E-state index is 12.5. The summed E-state index contributed by atoms with van der Waals surface area (Å²) in [5.74, 6) is 0.502. The number of benzene rings is 1. The van der Waals surface area contributed by atoms with Crippen LogP contribution in [0.25, 0.3) is 10.9 Å². The highest BCUT2D eigenvalue weighted by molar-refractivity contribution is 5.93. The zero-order valence-corrected chi connectivity index (χ0v) is 13.3. The maximum atomic E-state index is 12.5. The lowest BCUT2D eigenvalue weighted by atomic mass is 9.96. The Morgan fingerprint density at radius 3 is 2.88 bits per heavy atom. The Balaban J connectivity index is 1.48. The van der Waals surface area contributed by atoms with Gasteiger partial charge in [-0.05, 0) is 36.5 Å². The molecule has 0 saturated carbocycles. The molecule has 1 saturated heterocycles. The number of likely N-dealkylation sites (tertiary alicyclic amines) is 1. The van der Waals surface area contributed by atoms with Gasteiger partial charge in [0.2, 0.25) is 0 Å². The molecule has 1 amide bonds. The lowest BCUT2D eigenvalue weighted by Gasteiger charge is -2.16. The van der Waals surface area contributed by atoms with Crippen LogP contribution in [-0.2, 0) is 6.42 Å². The number of carbonyl (C=O) groups is 1. The SMILES string of the molecule is O=C(c1cncnc1)N1CC[C@@H](Cc2ccnc3ccccc23)C1. The van der Waals surface area contributed by atoms with E-state index in [0.29, 0.717) is 11.5 Å².